The Balaban J connectivity index is 1.35. The highest BCUT2D eigenvalue weighted by molar-refractivity contribution is 6.02. The molecule has 0 spiro atoms. The molecule has 4 rings (SSSR count). The molecule has 144 valence electrons. The maximum absolute atomic E-state index is 12.3. The monoisotopic (exact) mass is 383 g/mol. The number of carbonyl (C=O) groups is 1. The zero-order valence-electron chi connectivity index (χ0n) is 16.1. The Morgan fingerprint density at radius 2 is 1.86 bits per heavy atom. The lowest BCUT2D eigenvalue weighted by Crippen LogP contribution is -2.10. The van der Waals surface area contributed by atoms with E-state index in [-0.39, 0.29) is 5.91 Å². The molecule has 1 amide bonds. The number of benzene rings is 2. The number of hydrogen-bond donors (Lipinski definition) is 1. The van der Waals surface area contributed by atoms with Gasteiger partial charge in [-0.05, 0) is 48.4 Å². The van der Waals surface area contributed by atoms with Gasteiger partial charge in [-0.15, -0.1) is 0 Å². The zero-order valence-corrected chi connectivity index (χ0v) is 16.1. The van der Waals surface area contributed by atoms with Gasteiger partial charge in [-0.2, -0.15) is 0 Å². The van der Waals surface area contributed by atoms with Crippen molar-refractivity contribution in [2.24, 2.45) is 0 Å². The third-order valence-electron chi connectivity index (χ3n) is 4.63. The average molecular weight is 383 g/mol. The summed E-state index contributed by atoms with van der Waals surface area (Å²) in [5, 5.41) is 2.91. The van der Waals surface area contributed by atoms with E-state index in [0.717, 1.165) is 33.9 Å². The Bertz CT molecular complexity index is 1150. The molecule has 5 heteroatoms. The molecule has 0 aliphatic rings. The lowest BCUT2D eigenvalue weighted by atomic mass is 10.2. The predicted molar refractivity (Wildman–Crippen MR) is 115 cm³/mol. The second kappa shape index (κ2) is 8.44. The standard InChI is InChI=1S/C24H21N3O2/c1-18-22(12-13-23-25-15-16-27(18)23)26-24(28)14-9-19-7-10-21(11-8-19)29-17-20-5-3-2-4-6-20/h2-16H,17H2,1H3,(H,26,28)/b14-9+. The van der Waals surface area contributed by atoms with Crippen LogP contribution < -0.4 is 10.1 Å². The molecule has 1 N–H and O–H groups in total. The minimum atomic E-state index is -0.183. The van der Waals surface area contributed by atoms with Crippen LogP contribution >= 0.6 is 0 Å². The van der Waals surface area contributed by atoms with Crippen molar-refractivity contribution in [3.8, 4) is 5.75 Å². The van der Waals surface area contributed by atoms with E-state index in [2.05, 4.69) is 10.3 Å². The predicted octanol–water partition coefficient (Wildman–Crippen LogP) is 4.87. The first-order valence-electron chi connectivity index (χ1n) is 9.37. The van der Waals surface area contributed by atoms with E-state index in [1.54, 1.807) is 12.3 Å². The van der Waals surface area contributed by atoms with Gasteiger partial charge in [-0.1, -0.05) is 42.5 Å². The number of pyridine rings is 1. The van der Waals surface area contributed by atoms with E-state index in [9.17, 15) is 4.79 Å². The van der Waals surface area contributed by atoms with Crippen molar-refractivity contribution in [3.63, 3.8) is 0 Å². The normalized spacial score (nSPS) is 11.1. The van der Waals surface area contributed by atoms with Crippen molar-refractivity contribution < 1.29 is 9.53 Å². The van der Waals surface area contributed by atoms with Gasteiger partial charge < -0.3 is 14.5 Å². The Morgan fingerprint density at radius 1 is 1.07 bits per heavy atom. The number of nitrogens with one attached hydrogen (secondary N) is 1. The molecular weight excluding hydrogens is 362 g/mol. The van der Waals surface area contributed by atoms with Crippen molar-refractivity contribution in [2.75, 3.05) is 5.32 Å². The minimum Gasteiger partial charge on any atom is -0.489 e. The second-order valence-electron chi connectivity index (χ2n) is 6.65. The molecule has 0 saturated carbocycles. The topological polar surface area (TPSA) is 55.6 Å². The summed E-state index contributed by atoms with van der Waals surface area (Å²) >= 11 is 0. The molecule has 0 aliphatic heterocycles. The highest BCUT2D eigenvalue weighted by Crippen LogP contribution is 2.18. The summed E-state index contributed by atoms with van der Waals surface area (Å²) < 4.78 is 7.72. The molecule has 5 nitrogen and oxygen atoms in total. The van der Waals surface area contributed by atoms with Crippen LogP contribution in [0, 0.1) is 6.92 Å². The van der Waals surface area contributed by atoms with Gasteiger partial charge in [0.05, 0.1) is 5.69 Å². The molecule has 2 aromatic carbocycles. The fourth-order valence-electron chi connectivity index (χ4n) is 3.02. The Kier molecular flexibility index (Phi) is 5.38. The van der Waals surface area contributed by atoms with Crippen LogP contribution in [0.3, 0.4) is 0 Å². The number of imidazole rings is 1. The molecule has 0 bridgehead atoms. The maximum Gasteiger partial charge on any atom is 0.248 e. The van der Waals surface area contributed by atoms with Crippen molar-refractivity contribution in [3.05, 3.63) is 102 Å². The van der Waals surface area contributed by atoms with Gasteiger partial charge in [0.15, 0.2) is 0 Å². The summed E-state index contributed by atoms with van der Waals surface area (Å²) in [6, 6.07) is 21.4. The quantitative estimate of drug-likeness (QED) is 0.483. The summed E-state index contributed by atoms with van der Waals surface area (Å²) in [5.41, 5.74) is 4.59. The van der Waals surface area contributed by atoms with Crippen LogP contribution in [0.5, 0.6) is 5.75 Å². The first-order valence-corrected chi connectivity index (χ1v) is 9.37. The van der Waals surface area contributed by atoms with E-state index in [4.69, 9.17) is 4.74 Å². The molecule has 2 aromatic heterocycles. The summed E-state index contributed by atoms with van der Waals surface area (Å²) in [5.74, 6) is 0.608. The van der Waals surface area contributed by atoms with Gasteiger partial charge in [-0.25, -0.2) is 4.98 Å². The molecule has 2 heterocycles. The fraction of sp³-hybridized carbons (Fsp3) is 0.0833. The van der Waals surface area contributed by atoms with E-state index in [1.807, 2.05) is 84.3 Å². The molecular formula is C24H21N3O2. The number of nitrogens with zero attached hydrogens (tertiary/aromatic N) is 2. The van der Waals surface area contributed by atoms with Crippen LogP contribution in [0.15, 0.2) is 85.2 Å². The molecule has 0 radical (unpaired) electrons. The van der Waals surface area contributed by atoms with E-state index >= 15 is 0 Å². The highest BCUT2D eigenvalue weighted by atomic mass is 16.5. The van der Waals surface area contributed by atoms with Crippen molar-refractivity contribution in [1.82, 2.24) is 9.38 Å². The lowest BCUT2D eigenvalue weighted by molar-refractivity contribution is -0.111. The smallest absolute Gasteiger partial charge is 0.248 e. The van der Waals surface area contributed by atoms with E-state index in [0.29, 0.717) is 6.61 Å². The third kappa shape index (κ3) is 4.52. The molecule has 0 saturated heterocycles. The number of anilines is 1. The van der Waals surface area contributed by atoms with E-state index in [1.165, 1.54) is 6.08 Å². The molecule has 0 aliphatic carbocycles. The summed E-state index contributed by atoms with van der Waals surface area (Å²) in [4.78, 5) is 16.5. The van der Waals surface area contributed by atoms with Crippen molar-refractivity contribution >= 4 is 23.3 Å². The Morgan fingerprint density at radius 3 is 2.66 bits per heavy atom. The second-order valence-corrected chi connectivity index (χ2v) is 6.65. The van der Waals surface area contributed by atoms with Gasteiger partial charge in [0.25, 0.3) is 0 Å². The molecule has 0 atom stereocenters. The molecule has 4 aromatic rings. The summed E-state index contributed by atoms with van der Waals surface area (Å²) in [6.07, 6.45) is 6.91. The molecule has 0 unspecified atom stereocenters. The summed E-state index contributed by atoms with van der Waals surface area (Å²) in [7, 11) is 0. The van der Waals surface area contributed by atoms with Crippen LogP contribution in [0.1, 0.15) is 16.8 Å². The fourth-order valence-corrected chi connectivity index (χ4v) is 3.02. The lowest BCUT2D eigenvalue weighted by Gasteiger charge is -2.08. The number of fused-ring (bicyclic) bond motifs is 1. The van der Waals surface area contributed by atoms with Crippen molar-refractivity contribution in [2.45, 2.75) is 13.5 Å². The van der Waals surface area contributed by atoms with Gasteiger partial charge >= 0.3 is 0 Å². The van der Waals surface area contributed by atoms with Crippen LogP contribution in [0.4, 0.5) is 5.69 Å². The van der Waals surface area contributed by atoms with E-state index < -0.39 is 0 Å². The molecule has 0 fully saturated rings. The van der Waals surface area contributed by atoms with Crippen LogP contribution in [0.2, 0.25) is 0 Å². The first-order chi connectivity index (χ1) is 14.2. The van der Waals surface area contributed by atoms with Gasteiger partial charge in [0, 0.05) is 24.2 Å². The average Bonchev–Trinajstić information content (AvgIpc) is 3.24. The number of hydrogen-bond acceptors (Lipinski definition) is 3. The van der Waals surface area contributed by atoms with Crippen LogP contribution in [0.25, 0.3) is 11.7 Å². The molecule has 29 heavy (non-hydrogen) atoms. The zero-order chi connectivity index (χ0) is 20.1. The Labute approximate surface area is 169 Å². The largest absolute Gasteiger partial charge is 0.489 e. The van der Waals surface area contributed by atoms with Crippen molar-refractivity contribution in [1.29, 1.82) is 0 Å². The van der Waals surface area contributed by atoms with Gasteiger partial charge in [0.2, 0.25) is 5.91 Å². The number of rotatable bonds is 6. The third-order valence-corrected chi connectivity index (χ3v) is 4.63. The SMILES string of the molecule is Cc1c(NC(=O)/C=C/c2ccc(OCc3ccccc3)cc2)ccc2nccn12. The summed E-state index contributed by atoms with van der Waals surface area (Å²) in [6.45, 7) is 2.47. The van der Waals surface area contributed by atoms with Gasteiger partial charge in [-0.3, -0.25) is 4.79 Å². The number of ether oxygens (including phenoxy) is 1. The Hall–Kier alpha value is -3.86. The first kappa shape index (κ1) is 18.5. The van der Waals surface area contributed by atoms with Gasteiger partial charge in [0.1, 0.15) is 18.0 Å². The number of carbonyl (C=O) groups excluding carboxylic acids is 1. The van der Waals surface area contributed by atoms with Crippen LogP contribution in [-0.4, -0.2) is 15.3 Å². The number of aromatic nitrogens is 2. The number of aryl methyl sites for hydroxylation is 1. The maximum atomic E-state index is 12.3. The van der Waals surface area contributed by atoms with Crippen LogP contribution in [-0.2, 0) is 11.4 Å². The minimum absolute atomic E-state index is 0.183. The number of amides is 1. The highest BCUT2D eigenvalue weighted by Gasteiger charge is 2.05.